The van der Waals surface area contributed by atoms with Crippen molar-refractivity contribution in [2.24, 2.45) is 5.73 Å². The summed E-state index contributed by atoms with van der Waals surface area (Å²) in [5.74, 6) is 0. The number of rotatable bonds is 4. The number of piperazine rings is 1. The first-order chi connectivity index (χ1) is 9.06. The Labute approximate surface area is 128 Å². The van der Waals surface area contributed by atoms with Crippen molar-refractivity contribution in [3.8, 4) is 0 Å². The van der Waals surface area contributed by atoms with Crippen LogP contribution in [0.5, 0.6) is 0 Å². The molecule has 19 heavy (non-hydrogen) atoms. The quantitative estimate of drug-likeness (QED) is 0.842. The van der Waals surface area contributed by atoms with E-state index in [1.165, 1.54) is 5.56 Å². The average molecular weight is 343 g/mol. The van der Waals surface area contributed by atoms with E-state index >= 15 is 0 Å². The molecule has 2 N–H and O–H groups in total. The number of nitrogens with zero attached hydrogens (tertiary/aromatic N) is 3. The summed E-state index contributed by atoms with van der Waals surface area (Å²) in [5, 5.41) is 0. The van der Waals surface area contributed by atoms with Gasteiger partial charge in [-0.1, -0.05) is 12.2 Å². The second kappa shape index (κ2) is 6.74. The van der Waals surface area contributed by atoms with Crippen molar-refractivity contribution in [1.29, 1.82) is 0 Å². The predicted octanol–water partition coefficient (Wildman–Crippen LogP) is 1.64. The molecule has 104 valence electrons. The Morgan fingerprint density at radius 2 is 2.11 bits per heavy atom. The molecule has 0 spiro atoms. The van der Waals surface area contributed by atoms with Gasteiger partial charge in [0, 0.05) is 49.6 Å². The molecule has 1 atom stereocenters. The van der Waals surface area contributed by atoms with Gasteiger partial charge in [0.25, 0.3) is 0 Å². The molecule has 1 aliphatic rings. The maximum atomic E-state index is 5.70. The summed E-state index contributed by atoms with van der Waals surface area (Å²) in [6.45, 7) is 7.14. The van der Waals surface area contributed by atoms with E-state index in [1.807, 2.05) is 12.4 Å². The van der Waals surface area contributed by atoms with Gasteiger partial charge >= 0.3 is 0 Å². The van der Waals surface area contributed by atoms with Crippen LogP contribution in [0.3, 0.4) is 0 Å². The van der Waals surface area contributed by atoms with Crippen molar-refractivity contribution in [2.75, 3.05) is 26.2 Å². The van der Waals surface area contributed by atoms with Crippen LogP contribution < -0.4 is 5.73 Å². The Balaban J connectivity index is 1.85. The van der Waals surface area contributed by atoms with Gasteiger partial charge in [-0.2, -0.15) is 0 Å². The van der Waals surface area contributed by atoms with Crippen molar-refractivity contribution in [3.05, 3.63) is 28.5 Å². The summed E-state index contributed by atoms with van der Waals surface area (Å²) < 4.78 is 1.03. The Kier molecular flexibility index (Phi) is 5.27. The lowest BCUT2D eigenvalue weighted by atomic mass is 10.2. The minimum Gasteiger partial charge on any atom is -0.392 e. The molecule has 1 aliphatic heterocycles. The molecule has 0 aromatic carbocycles. The van der Waals surface area contributed by atoms with Crippen molar-refractivity contribution in [1.82, 2.24) is 14.8 Å². The smallest absolute Gasteiger partial charge is 0.0899 e. The van der Waals surface area contributed by atoms with Crippen LogP contribution in [0.15, 0.2) is 22.9 Å². The molecule has 0 bridgehead atoms. The maximum absolute atomic E-state index is 5.70. The zero-order valence-corrected chi connectivity index (χ0v) is 13.5. The van der Waals surface area contributed by atoms with Crippen LogP contribution in [0.4, 0.5) is 0 Å². The highest BCUT2D eigenvalue weighted by atomic mass is 79.9. The number of pyridine rings is 1. The van der Waals surface area contributed by atoms with E-state index in [2.05, 4.69) is 43.7 Å². The molecule has 1 saturated heterocycles. The SMILES string of the molecule is CC(C(N)=S)N1CCN(Cc2cncc(Br)c2)CC1. The fourth-order valence-electron chi connectivity index (χ4n) is 2.29. The highest BCUT2D eigenvalue weighted by Gasteiger charge is 2.22. The summed E-state index contributed by atoms with van der Waals surface area (Å²) in [5.41, 5.74) is 6.95. The molecule has 0 radical (unpaired) electrons. The lowest BCUT2D eigenvalue weighted by Gasteiger charge is -2.37. The molecular formula is C13H19BrN4S. The minimum absolute atomic E-state index is 0.199. The van der Waals surface area contributed by atoms with Gasteiger partial charge in [-0.25, -0.2) is 0 Å². The third-order valence-electron chi connectivity index (χ3n) is 3.53. The number of thiocarbonyl (C=S) groups is 1. The lowest BCUT2D eigenvalue weighted by Crippen LogP contribution is -2.52. The molecule has 2 heterocycles. The van der Waals surface area contributed by atoms with Gasteiger partial charge in [-0.3, -0.25) is 14.8 Å². The molecule has 1 fully saturated rings. The highest BCUT2D eigenvalue weighted by molar-refractivity contribution is 9.10. The van der Waals surface area contributed by atoms with Crippen LogP contribution in [-0.4, -0.2) is 52.0 Å². The average Bonchev–Trinajstić information content (AvgIpc) is 2.39. The van der Waals surface area contributed by atoms with E-state index < -0.39 is 0 Å². The Bertz CT molecular complexity index is 446. The van der Waals surface area contributed by atoms with Crippen LogP contribution in [0.1, 0.15) is 12.5 Å². The summed E-state index contributed by atoms with van der Waals surface area (Å²) in [6, 6.07) is 2.32. The topological polar surface area (TPSA) is 45.4 Å². The summed E-state index contributed by atoms with van der Waals surface area (Å²) >= 11 is 8.51. The van der Waals surface area contributed by atoms with Crippen molar-refractivity contribution < 1.29 is 0 Å². The van der Waals surface area contributed by atoms with E-state index in [-0.39, 0.29) is 6.04 Å². The third-order valence-corrected chi connectivity index (χ3v) is 4.31. The Morgan fingerprint density at radius 3 is 2.68 bits per heavy atom. The monoisotopic (exact) mass is 342 g/mol. The number of hydrogen-bond acceptors (Lipinski definition) is 4. The highest BCUT2D eigenvalue weighted by Crippen LogP contribution is 2.13. The zero-order valence-electron chi connectivity index (χ0n) is 11.1. The second-order valence-electron chi connectivity index (χ2n) is 4.90. The number of hydrogen-bond donors (Lipinski definition) is 1. The largest absolute Gasteiger partial charge is 0.392 e. The van der Waals surface area contributed by atoms with Gasteiger partial charge in [0.05, 0.1) is 11.0 Å². The van der Waals surface area contributed by atoms with Crippen LogP contribution in [0.2, 0.25) is 0 Å². The standard InChI is InChI=1S/C13H19BrN4S/c1-10(13(15)19)18-4-2-17(3-5-18)9-11-6-12(14)8-16-7-11/h6-8,10H,2-5,9H2,1H3,(H2,15,19). The van der Waals surface area contributed by atoms with Crippen LogP contribution >= 0.6 is 28.1 Å². The van der Waals surface area contributed by atoms with Gasteiger partial charge in [0.15, 0.2) is 0 Å². The van der Waals surface area contributed by atoms with Crippen molar-refractivity contribution >= 4 is 33.1 Å². The summed E-state index contributed by atoms with van der Waals surface area (Å²) in [7, 11) is 0. The number of halogens is 1. The number of aromatic nitrogens is 1. The first kappa shape index (κ1) is 14.8. The van der Waals surface area contributed by atoms with Gasteiger partial charge < -0.3 is 5.73 Å². The minimum atomic E-state index is 0.199. The van der Waals surface area contributed by atoms with E-state index in [4.69, 9.17) is 18.0 Å². The third kappa shape index (κ3) is 4.21. The molecule has 4 nitrogen and oxygen atoms in total. The molecule has 6 heteroatoms. The lowest BCUT2D eigenvalue weighted by molar-refractivity contribution is 0.118. The van der Waals surface area contributed by atoms with Crippen LogP contribution in [-0.2, 0) is 6.54 Å². The summed E-state index contributed by atoms with van der Waals surface area (Å²) in [6.07, 6.45) is 3.74. The van der Waals surface area contributed by atoms with Gasteiger partial charge in [0.1, 0.15) is 0 Å². The zero-order chi connectivity index (χ0) is 13.8. The molecule has 1 aromatic heterocycles. The van der Waals surface area contributed by atoms with Crippen molar-refractivity contribution in [3.63, 3.8) is 0 Å². The Morgan fingerprint density at radius 1 is 1.42 bits per heavy atom. The second-order valence-corrected chi connectivity index (χ2v) is 6.29. The molecule has 2 rings (SSSR count). The Hall–Kier alpha value is -0.560. The molecule has 1 aromatic rings. The molecule has 0 aliphatic carbocycles. The molecule has 0 saturated carbocycles. The van der Waals surface area contributed by atoms with Gasteiger partial charge in [-0.15, -0.1) is 0 Å². The van der Waals surface area contributed by atoms with Gasteiger partial charge in [-0.05, 0) is 34.5 Å². The number of nitrogens with two attached hydrogens (primary N) is 1. The fourth-order valence-corrected chi connectivity index (χ4v) is 2.85. The first-order valence-electron chi connectivity index (χ1n) is 6.41. The fraction of sp³-hybridized carbons (Fsp3) is 0.538. The van der Waals surface area contributed by atoms with Crippen LogP contribution in [0.25, 0.3) is 0 Å². The van der Waals surface area contributed by atoms with E-state index in [0.717, 1.165) is 37.2 Å². The van der Waals surface area contributed by atoms with E-state index in [0.29, 0.717) is 4.99 Å². The molecule has 1 unspecified atom stereocenters. The predicted molar refractivity (Wildman–Crippen MR) is 85.0 cm³/mol. The maximum Gasteiger partial charge on any atom is 0.0899 e. The normalized spacial score (nSPS) is 19.3. The van der Waals surface area contributed by atoms with Crippen LogP contribution in [0, 0.1) is 0 Å². The van der Waals surface area contributed by atoms with Gasteiger partial charge in [0.2, 0.25) is 0 Å². The summed E-state index contributed by atoms with van der Waals surface area (Å²) in [4.78, 5) is 9.57. The molecular weight excluding hydrogens is 324 g/mol. The van der Waals surface area contributed by atoms with Crippen molar-refractivity contribution in [2.45, 2.75) is 19.5 Å². The first-order valence-corrected chi connectivity index (χ1v) is 7.61. The van der Waals surface area contributed by atoms with E-state index in [9.17, 15) is 0 Å². The molecule has 0 amide bonds. The van der Waals surface area contributed by atoms with E-state index in [1.54, 1.807) is 0 Å².